The van der Waals surface area contributed by atoms with Crippen LogP contribution in [0.1, 0.15) is 19.3 Å². The van der Waals surface area contributed by atoms with Gasteiger partial charge in [0.1, 0.15) is 12.3 Å². The molecule has 0 atom stereocenters. The van der Waals surface area contributed by atoms with Gasteiger partial charge in [-0.05, 0) is 38.1 Å². The Bertz CT molecular complexity index is 538. The maximum absolute atomic E-state index is 5.66. The summed E-state index contributed by atoms with van der Waals surface area (Å²) in [5.41, 5.74) is 1.59. The third kappa shape index (κ3) is 3.98. The van der Waals surface area contributed by atoms with Crippen LogP contribution in [0.5, 0.6) is 5.88 Å². The fraction of sp³-hybridized carbons (Fsp3) is 0.438. The molecule has 1 fully saturated rings. The molecule has 3 rings (SSSR count). The van der Waals surface area contributed by atoms with E-state index in [4.69, 9.17) is 4.74 Å². The van der Waals surface area contributed by atoms with Crippen molar-refractivity contribution in [3.63, 3.8) is 0 Å². The number of hydrogen-bond donors (Lipinski definition) is 0. The summed E-state index contributed by atoms with van der Waals surface area (Å²) in [6, 6.07) is 5.74. The quantitative estimate of drug-likeness (QED) is 0.844. The Balaban J connectivity index is 1.50. The summed E-state index contributed by atoms with van der Waals surface area (Å²) in [5.74, 6) is 0.576. The van der Waals surface area contributed by atoms with Gasteiger partial charge in [-0.15, -0.1) is 0 Å². The first kappa shape index (κ1) is 13.9. The van der Waals surface area contributed by atoms with Crippen LogP contribution in [-0.2, 0) is 0 Å². The molecule has 5 heteroatoms. The van der Waals surface area contributed by atoms with E-state index in [9.17, 15) is 0 Å². The van der Waals surface area contributed by atoms with E-state index < -0.39 is 0 Å². The number of pyridine rings is 1. The molecule has 0 aromatic carbocycles. The monoisotopic (exact) mass is 284 g/mol. The Morgan fingerprint density at radius 3 is 2.57 bits per heavy atom. The molecule has 5 nitrogen and oxygen atoms in total. The maximum Gasteiger partial charge on any atom is 0.232 e. The summed E-state index contributed by atoms with van der Waals surface area (Å²) >= 11 is 0. The van der Waals surface area contributed by atoms with Crippen molar-refractivity contribution in [2.45, 2.75) is 19.3 Å². The van der Waals surface area contributed by atoms with Gasteiger partial charge in [0.2, 0.25) is 5.88 Å². The predicted octanol–water partition coefficient (Wildman–Crippen LogP) is 2.40. The maximum atomic E-state index is 5.66. The van der Waals surface area contributed by atoms with Crippen LogP contribution >= 0.6 is 0 Å². The molecule has 0 radical (unpaired) electrons. The molecule has 0 aliphatic carbocycles. The third-order valence-corrected chi connectivity index (χ3v) is 3.66. The van der Waals surface area contributed by atoms with E-state index >= 15 is 0 Å². The van der Waals surface area contributed by atoms with Crippen molar-refractivity contribution >= 4 is 0 Å². The molecular formula is C16H20N4O. The molecular weight excluding hydrogens is 264 g/mol. The van der Waals surface area contributed by atoms with Gasteiger partial charge in [-0.1, -0.05) is 12.5 Å². The Hall–Kier alpha value is -2.01. The lowest BCUT2D eigenvalue weighted by Gasteiger charge is -2.25. The minimum atomic E-state index is 0.576. The zero-order valence-corrected chi connectivity index (χ0v) is 12.1. The molecule has 1 aliphatic heterocycles. The van der Waals surface area contributed by atoms with E-state index in [1.807, 2.05) is 18.2 Å². The van der Waals surface area contributed by atoms with Gasteiger partial charge in [-0.25, -0.2) is 9.97 Å². The van der Waals surface area contributed by atoms with Crippen LogP contribution < -0.4 is 4.74 Å². The summed E-state index contributed by atoms with van der Waals surface area (Å²) in [5, 5.41) is 0. The molecule has 1 saturated heterocycles. The molecule has 2 aromatic rings. The van der Waals surface area contributed by atoms with Crippen LogP contribution in [0.4, 0.5) is 0 Å². The van der Waals surface area contributed by atoms with E-state index in [1.54, 1.807) is 18.6 Å². The lowest BCUT2D eigenvalue weighted by Crippen LogP contribution is -2.33. The van der Waals surface area contributed by atoms with Crippen molar-refractivity contribution in [1.29, 1.82) is 0 Å². The van der Waals surface area contributed by atoms with Crippen molar-refractivity contribution in [2.24, 2.45) is 0 Å². The summed E-state index contributed by atoms with van der Waals surface area (Å²) in [4.78, 5) is 15.3. The van der Waals surface area contributed by atoms with Crippen LogP contribution in [0.2, 0.25) is 0 Å². The van der Waals surface area contributed by atoms with Crippen LogP contribution in [0.15, 0.2) is 36.8 Å². The number of nitrogens with zero attached hydrogens (tertiary/aromatic N) is 4. The van der Waals surface area contributed by atoms with Crippen LogP contribution in [0.3, 0.4) is 0 Å². The van der Waals surface area contributed by atoms with Crippen molar-refractivity contribution in [1.82, 2.24) is 19.9 Å². The Morgan fingerprint density at radius 1 is 0.952 bits per heavy atom. The highest BCUT2D eigenvalue weighted by Gasteiger charge is 2.09. The van der Waals surface area contributed by atoms with Gasteiger partial charge in [0.25, 0.3) is 0 Å². The predicted molar refractivity (Wildman–Crippen MR) is 81.0 cm³/mol. The second-order valence-corrected chi connectivity index (χ2v) is 5.21. The fourth-order valence-corrected chi connectivity index (χ4v) is 2.50. The van der Waals surface area contributed by atoms with E-state index in [-0.39, 0.29) is 0 Å². The smallest absolute Gasteiger partial charge is 0.232 e. The molecule has 0 N–H and O–H groups in total. The first-order chi connectivity index (χ1) is 10.4. The number of rotatable bonds is 5. The minimum Gasteiger partial charge on any atom is -0.475 e. The van der Waals surface area contributed by atoms with Gasteiger partial charge < -0.3 is 4.74 Å². The lowest BCUT2D eigenvalue weighted by atomic mass is 10.1. The zero-order valence-electron chi connectivity index (χ0n) is 12.1. The Morgan fingerprint density at radius 2 is 1.86 bits per heavy atom. The largest absolute Gasteiger partial charge is 0.475 e. The van der Waals surface area contributed by atoms with Gasteiger partial charge in [-0.3, -0.25) is 9.88 Å². The molecule has 0 saturated carbocycles. The SMILES string of the molecule is c1ccc(-c2cnc(OCCN3CCCCC3)cn2)nc1. The molecule has 110 valence electrons. The van der Waals surface area contributed by atoms with E-state index in [2.05, 4.69) is 19.9 Å². The zero-order chi connectivity index (χ0) is 14.3. The molecule has 3 heterocycles. The molecule has 0 unspecified atom stereocenters. The van der Waals surface area contributed by atoms with Crippen molar-refractivity contribution in [3.8, 4) is 17.3 Å². The van der Waals surface area contributed by atoms with Crippen molar-refractivity contribution in [2.75, 3.05) is 26.2 Å². The summed E-state index contributed by atoms with van der Waals surface area (Å²) in [6.07, 6.45) is 9.09. The number of ether oxygens (including phenoxy) is 1. The standard InChI is InChI=1S/C16H20N4O/c1-4-8-20(9-5-1)10-11-21-16-13-18-15(12-19-16)14-6-2-3-7-17-14/h2-3,6-7,12-13H,1,4-5,8-11H2. The second-order valence-electron chi connectivity index (χ2n) is 5.21. The average molecular weight is 284 g/mol. The summed E-state index contributed by atoms with van der Waals surface area (Å²) in [7, 11) is 0. The molecule has 2 aromatic heterocycles. The normalized spacial score (nSPS) is 15.8. The Kier molecular flexibility index (Phi) is 4.74. The first-order valence-electron chi connectivity index (χ1n) is 7.50. The summed E-state index contributed by atoms with van der Waals surface area (Å²) in [6.45, 7) is 4.00. The molecule has 0 bridgehead atoms. The van der Waals surface area contributed by atoms with Crippen LogP contribution in [-0.4, -0.2) is 46.1 Å². The number of piperidine rings is 1. The van der Waals surface area contributed by atoms with Gasteiger partial charge in [0.15, 0.2) is 0 Å². The lowest BCUT2D eigenvalue weighted by molar-refractivity contribution is 0.180. The van der Waals surface area contributed by atoms with E-state index in [0.717, 1.165) is 17.9 Å². The topological polar surface area (TPSA) is 51.1 Å². The average Bonchev–Trinajstić information content (AvgIpc) is 2.57. The van der Waals surface area contributed by atoms with Crippen LogP contribution in [0, 0.1) is 0 Å². The summed E-state index contributed by atoms with van der Waals surface area (Å²) < 4.78 is 5.66. The highest BCUT2D eigenvalue weighted by Crippen LogP contribution is 2.14. The van der Waals surface area contributed by atoms with Gasteiger partial charge >= 0.3 is 0 Å². The van der Waals surface area contributed by atoms with Gasteiger partial charge in [-0.2, -0.15) is 0 Å². The highest BCUT2D eigenvalue weighted by atomic mass is 16.5. The van der Waals surface area contributed by atoms with Crippen LogP contribution in [0.25, 0.3) is 11.4 Å². The molecule has 1 aliphatic rings. The Labute approximate surface area is 125 Å². The van der Waals surface area contributed by atoms with Gasteiger partial charge in [0.05, 0.1) is 18.1 Å². The van der Waals surface area contributed by atoms with Crippen molar-refractivity contribution < 1.29 is 4.74 Å². The molecule has 0 spiro atoms. The molecule has 0 amide bonds. The number of aromatic nitrogens is 3. The van der Waals surface area contributed by atoms with Gasteiger partial charge in [0, 0.05) is 12.7 Å². The minimum absolute atomic E-state index is 0.576. The highest BCUT2D eigenvalue weighted by molar-refractivity contribution is 5.51. The number of likely N-dealkylation sites (tertiary alicyclic amines) is 1. The first-order valence-corrected chi connectivity index (χ1v) is 7.50. The fourth-order valence-electron chi connectivity index (χ4n) is 2.50. The van der Waals surface area contributed by atoms with E-state index in [1.165, 1.54) is 32.4 Å². The third-order valence-electron chi connectivity index (χ3n) is 3.66. The number of hydrogen-bond acceptors (Lipinski definition) is 5. The second kappa shape index (κ2) is 7.13. The van der Waals surface area contributed by atoms with Crippen molar-refractivity contribution in [3.05, 3.63) is 36.8 Å². The molecule has 21 heavy (non-hydrogen) atoms. The van der Waals surface area contributed by atoms with E-state index in [0.29, 0.717) is 12.5 Å².